The van der Waals surface area contributed by atoms with Crippen LogP contribution in [0.4, 0.5) is 14.6 Å². The molecule has 1 saturated heterocycles. The number of hydrogen-bond acceptors (Lipinski definition) is 4. The predicted molar refractivity (Wildman–Crippen MR) is 78.1 cm³/mol. The van der Waals surface area contributed by atoms with Gasteiger partial charge in [-0.3, -0.25) is 5.32 Å². The quantitative estimate of drug-likeness (QED) is 0.900. The summed E-state index contributed by atoms with van der Waals surface area (Å²) in [5, 5.41) is 8.45. The SMILES string of the molecule is CCOC(=O)N1CCC(NC(=O)Nc2cccs2)CC1. The summed E-state index contributed by atoms with van der Waals surface area (Å²) in [6, 6.07) is 3.65. The topological polar surface area (TPSA) is 70.7 Å². The van der Waals surface area contributed by atoms with E-state index in [0.29, 0.717) is 19.7 Å². The van der Waals surface area contributed by atoms with Crippen molar-refractivity contribution < 1.29 is 14.3 Å². The normalized spacial score (nSPS) is 15.8. The highest BCUT2D eigenvalue weighted by Crippen LogP contribution is 2.15. The molecule has 1 aromatic rings. The van der Waals surface area contributed by atoms with Crippen LogP contribution < -0.4 is 10.6 Å². The minimum Gasteiger partial charge on any atom is -0.450 e. The lowest BCUT2D eigenvalue weighted by atomic mass is 10.1. The molecule has 0 atom stereocenters. The van der Waals surface area contributed by atoms with E-state index in [1.807, 2.05) is 17.5 Å². The molecule has 110 valence electrons. The van der Waals surface area contributed by atoms with Gasteiger partial charge in [0.05, 0.1) is 11.6 Å². The molecule has 1 aliphatic rings. The molecular formula is C13H19N3O3S. The van der Waals surface area contributed by atoms with Gasteiger partial charge < -0.3 is 15.0 Å². The maximum absolute atomic E-state index is 11.8. The maximum atomic E-state index is 11.8. The lowest BCUT2D eigenvalue weighted by Crippen LogP contribution is -2.47. The van der Waals surface area contributed by atoms with Crippen molar-refractivity contribution in [1.29, 1.82) is 0 Å². The van der Waals surface area contributed by atoms with Crippen LogP contribution in [0.2, 0.25) is 0 Å². The third-order valence-electron chi connectivity index (χ3n) is 3.11. The molecule has 1 aromatic heterocycles. The van der Waals surface area contributed by atoms with Crippen molar-refractivity contribution in [3.05, 3.63) is 17.5 Å². The molecule has 0 unspecified atom stereocenters. The Morgan fingerprint density at radius 2 is 2.20 bits per heavy atom. The van der Waals surface area contributed by atoms with E-state index in [0.717, 1.165) is 17.8 Å². The van der Waals surface area contributed by atoms with Crippen LogP contribution in [0.1, 0.15) is 19.8 Å². The Balaban J connectivity index is 1.71. The molecule has 6 nitrogen and oxygen atoms in total. The summed E-state index contributed by atoms with van der Waals surface area (Å²) in [6.07, 6.45) is 1.22. The Morgan fingerprint density at radius 3 is 2.80 bits per heavy atom. The number of carbonyl (C=O) groups excluding carboxylic acids is 2. The van der Waals surface area contributed by atoms with E-state index in [4.69, 9.17) is 4.74 Å². The van der Waals surface area contributed by atoms with E-state index >= 15 is 0 Å². The van der Waals surface area contributed by atoms with Crippen LogP contribution in [0.5, 0.6) is 0 Å². The fraction of sp³-hybridized carbons (Fsp3) is 0.538. The van der Waals surface area contributed by atoms with Crippen LogP contribution in [-0.4, -0.2) is 42.8 Å². The molecule has 3 amide bonds. The van der Waals surface area contributed by atoms with Gasteiger partial charge in [0.2, 0.25) is 0 Å². The number of hydrogen-bond donors (Lipinski definition) is 2. The first-order chi connectivity index (χ1) is 9.69. The molecule has 1 fully saturated rings. The highest BCUT2D eigenvalue weighted by Gasteiger charge is 2.24. The van der Waals surface area contributed by atoms with Gasteiger partial charge >= 0.3 is 12.1 Å². The molecule has 0 aliphatic carbocycles. The van der Waals surface area contributed by atoms with Gasteiger partial charge in [-0.1, -0.05) is 0 Å². The van der Waals surface area contributed by atoms with Gasteiger partial charge in [-0.15, -0.1) is 11.3 Å². The lowest BCUT2D eigenvalue weighted by Gasteiger charge is -2.31. The van der Waals surface area contributed by atoms with Gasteiger partial charge in [-0.2, -0.15) is 0 Å². The van der Waals surface area contributed by atoms with Crippen LogP contribution >= 0.6 is 11.3 Å². The zero-order valence-electron chi connectivity index (χ0n) is 11.4. The first-order valence-electron chi connectivity index (χ1n) is 6.71. The molecule has 1 aliphatic heterocycles. The fourth-order valence-corrected chi connectivity index (χ4v) is 2.72. The smallest absolute Gasteiger partial charge is 0.409 e. The number of likely N-dealkylation sites (tertiary alicyclic amines) is 1. The van der Waals surface area contributed by atoms with Crippen molar-refractivity contribution in [2.75, 3.05) is 25.0 Å². The number of piperidine rings is 1. The summed E-state index contributed by atoms with van der Waals surface area (Å²) in [7, 11) is 0. The zero-order chi connectivity index (χ0) is 14.4. The number of urea groups is 1. The highest BCUT2D eigenvalue weighted by molar-refractivity contribution is 7.14. The molecule has 20 heavy (non-hydrogen) atoms. The average molecular weight is 297 g/mol. The van der Waals surface area contributed by atoms with Crippen LogP contribution in [0.15, 0.2) is 17.5 Å². The third kappa shape index (κ3) is 4.12. The monoisotopic (exact) mass is 297 g/mol. The molecular weight excluding hydrogens is 278 g/mol. The second-order valence-electron chi connectivity index (χ2n) is 4.54. The molecule has 0 spiro atoms. The fourth-order valence-electron chi connectivity index (χ4n) is 2.10. The number of amides is 3. The van der Waals surface area contributed by atoms with Crippen molar-refractivity contribution in [2.24, 2.45) is 0 Å². The van der Waals surface area contributed by atoms with Crippen LogP contribution in [-0.2, 0) is 4.74 Å². The number of rotatable bonds is 3. The average Bonchev–Trinajstić information content (AvgIpc) is 2.92. The van der Waals surface area contributed by atoms with E-state index in [1.54, 1.807) is 11.8 Å². The zero-order valence-corrected chi connectivity index (χ0v) is 12.2. The van der Waals surface area contributed by atoms with E-state index in [9.17, 15) is 9.59 Å². The Morgan fingerprint density at radius 1 is 1.45 bits per heavy atom. The number of carbonyl (C=O) groups is 2. The van der Waals surface area contributed by atoms with E-state index in [1.165, 1.54) is 11.3 Å². The Kier molecular flexibility index (Phi) is 5.23. The van der Waals surface area contributed by atoms with Crippen LogP contribution in [0.25, 0.3) is 0 Å². The van der Waals surface area contributed by atoms with Crippen LogP contribution in [0, 0.1) is 0 Å². The summed E-state index contributed by atoms with van der Waals surface area (Å²) in [6.45, 7) is 3.41. The van der Waals surface area contributed by atoms with Gasteiger partial charge in [-0.05, 0) is 37.3 Å². The van der Waals surface area contributed by atoms with Crippen molar-refractivity contribution in [1.82, 2.24) is 10.2 Å². The summed E-state index contributed by atoms with van der Waals surface area (Å²) in [5.41, 5.74) is 0. The number of nitrogens with one attached hydrogen (secondary N) is 2. The summed E-state index contributed by atoms with van der Waals surface area (Å²) in [4.78, 5) is 25.0. The van der Waals surface area contributed by atoms with Gasteiger partial charge in [0.15, 0.2) is 0 Å². The summed E-state index contributed by atoms with van der Waals surface area (Å²) < 4.78 is 4.96. The summed E-state index contributed by atoms with van der Waals surface area (Å²) >= 11 is 1.48. The molecule has 0 bridgehead atoms. The highest BCUT2D eigenvalue weighted by atomic mass is 32.1. The number of ether oxygens (including phenoxy) is 1. The van der Waals surface area contributed by atoms with Gasteiger partial charge in [-0.25, -0.2) is 9.59 Å². The first-order valence-corrected chi connectivity index (χ1v) is 7.59. The molecule has 2 heterocycles. The van der Waals surface area contributed by atoms with Crippen LogP contribution in [0.3, 0.4) is 0 Å². The van der Waals surface area contributed by atoms with Crippen molar-refractivity contribution in [3.63, 3.8) is 0 Å². The second-order valence-corrected chi connectivity index (χ2v) is 5.48. The molecule has 2 N–H and O–H groups in total. The predicted octanol–water partition coefficient (Wildman–Crippen LogP) is 2.49. The minimum atomic E-state index is -0.269. The maximum Gasteiger partial charge on any atom is 0.409 e. The number of anilines is 1. The molecule has 7 heteroatoms. The van der Waals surface area contributed by atoms with Gasteiger partial charge in [0, 0.05) is 19.1 Å². The summed E-state index contributed by atoms with van der Waals surface area (Å²) in [5.74, 6) is 0. The Hall–Kier alpha value is -1.76. The number of thiophene rings is 1. The Labute approximate surface area is 122 Å². The van der Waals surface area contributed by atoms with Crippen molar-refractivity contribution in [3.8, 4) is 0 Å². The van der Waals surface area contributed by atoms with Crippen molar-refractivity contribution in [2.45, 2.75) is 25.8 Å². The van der Waals surface area contributed by atoms with E-state index in [2.05, 4.69) is 10.6 Å². The largest absolute Gasteiger partial charge is 0.450 e. The minimum absolute atomic E-state index is 0.0978. The molecule has 0 aromatic carbocycles. The van der Waals surface area contributed by atoms with E-state index < -0.39 is 0 Å². The third-order valence-corrected chi connectivity index (χ3v) is 3.90. The molecule has 0 radical (unpaired) electrons. The Bertz CT molecular complexity index is 442. The number of nitrogens with zero attached hydrogens (tertiary/aromatic N) is 1. The van der Waals surface area contributed by atoms with Gasteiger partial charge in [0.25, 0.3) is 0 Å². The first kappa shape index (κ1) is 14.6. The molecule has 2 rings (SSSR count). The van der Waals surface area contributed by atoms with Gasteiger partial charge in [0.1, 0.15) is 0 Å². The lowest BCUT2D eigenvalue weighted by molar-refractivity contribution is 0.0959. The standard InChI is InChI=1S/C13H19N3O3S/c1-2-19-13(18)16-7-5-10(6-8-16)14-12(17)15-11-4-3-9-20-11/h3-4,9-10H,2,5-8H2,1H3,(H2,14,15,17). The van der Waals surface area contributed by atoms with Crippen molar-refractivity contribution >= 4 is 28.5 Å². The molecule has 0 saturated carbocycles. The van der Waals surface area contributed by atoms with E-state index in [-0.39, 0.29) is 18.2 Å². The second kappa shape index (κ2) is 7.14.